The molecule has 0 saturated heterocycles. The highest BCUT2D eigenvalue weighted by molar-refractivity contribution is 9.10. The number of carboxylic acids is 1. The van der Waals surface area contributed by atoms with Gasteiger partial charge in [-0.15, -0.1) is 0 Å². The Bertz CT molecular complexity index is 1240. The molecule has 0 amide bonds. The third kappa shape index (κ3) is 4.67. The summed E-state index contributed by atoms with van der Waals surface area (Å²) >= 11 is 3.16. The van der Waals surface area contributed by atoms with E-state index in [1.165, 1.54) is 10.8 Å². The summed E-state index contributed by atoms with van der Waals surface area (Å²) in [5, 5.41) is 25.0. The zero-order valence-electron chi connectivity index (χ0n) is 16.5. The number of carbonyl (C=O) groups is 2. The molecule has 166 valence electrons. The van der Waals surface area contributed by atoms with Gasteiger partial charge in [-0.3, -0.25) is 14.2 Å². The summed E-state index contributed by atoms with van der Waals surface area (Å²) in [4.78, 5) is 27.4. The van der Waals surface area contributed by atoms with Crippen molar-refractivity contribution in [3.63, 3.8) is 0 Å². The molecule has 0 aliphatic carbocycles. The molecule has 32 heavy (non-hydrogen) atoms. The highest BCUT2D eigenvalue weighted by Gasteiger charge is 2.44. The number of aliphatic hydroxyl groups is 1. The lowest BCUT2D eigenvalue weighted by Gasteiger charge is -2.19. The summed E-state index contributed by atoms with van der Waals surface area (Å²) in [5.41, 5.74) is 0.871. The molecule has 0 aliphatic rings. The molecular weight excluding hydrogens is 508 g/mol. The first kappa shape index (κ1) is 23.8. The van der Waals surface area contributed by atoms with Crippen LogP contribution in [0.3, 0.4) is 0 Å². The number of benzene rings is 2. The van der Waals surface area contributed by atoms with E-state index in [2.05, 4.69) is 27.0 Å². The maximum Gasteiger partial charge on any atom is 0.358 e. The Labute approximate surface area is 193 Å². The van der Waals surface area contributed by atoms with Gasteiger partial charge in [0.2, 0.25) is 5.78 Å². The Morgan fingerprint density at radius 3 is 2.53 bits per heavy atom. The first-order chi connectivity index (χ1) is 15.1. The van der Waals surface area contributed by atoms with Crippen LogP contribution in [0.1, 0.15) is 18.9 Å². The molecule has 1 aromatic heterocycles. The fourth-order valence-corrected chi connectivity index (χ4v) is 4.53. The van der Waals surface area contributed by atoms with E-state index in [0.717, 1.165) is 6.92 Å². The number of Topliss-reactive ketones (excluding diaryl/α,β-unsaturated/α-hetero) is 1. The van der Waals surface area contributed by atoms with Crippen molar-refractivity contribution in [3.8, 4) is 11.8 Å². The molecular formula is C21H16BrF2N3O4S. The number of nitrogens with zero attached hydrogens (tertiary/aromatic N) is 3. The number of imidazole rings is 1. The second-order valence-electron chi connectivity index (χ2n) is 6.92. The quantitative estimate of drug-likeness (QED) is 0.420. The number of halogens is 3. The predicted molar refractivity (Wildman–Crippen MR) is 117 cm³/mol. The smallest absolute Gasteiger partial charge is 0.358 e. The highest BCUT2D eigenvalue weighted by Crippen LogP contribution is 2.41. The largest absolute Gasteiger partial charge is 0.481 e. The number of rotatable bonds is 8. The van der Waals surface area contributed by atoms with Crippen LogP contribution in [0.4, 0.5) is 8.78 Å². The van der Waals surface area contributed by atoms with Gasteiger partial charge in [-0.05, 0) is 46.7 Å². The standard InChI is InChI=1S/C21H16BrF2N3O4S/c1-11(28)15(19(30)31)8-17(29)21(23,24)32-20-26-10-18(22)27(20)16-7-6-12(9-25)13-4-2-3-5-14(13)16/h2-7,10-11,15,28H,8H2,1H3,(H,30,31). The number of thioether (sulfide) groups is 1. The molecule has 0 bridgehead atoms. The monoisotopic (exact) mass is 523 g/mol. The molecule has 0 fully saturated rings. The van der Waals surface area contributed by atoms with Crippen LogP contribution < -0.4 is 0 Å². The predicted octanol–water partition coefficient (Wildman–Crippen LogP) is 4.39. The number of nitriles is 1. The van der Waals surface area contributed by atoms with Crippen LogP contribution in [0.5, 0.6) is 0 Å². The van der Waals surface area contributed by atoms with Crippen molar-refractivity contribution in [2.75, 3.05) is 0 Å². The minimum Gasteiger partial charge on any atom is -0.481 e. The van der Waals surface area contributed by atoms with Gasteiger partial charge in [0.1, 0.15) is 4.60 Å². The molecule has 3 aromatic rings. The van der Waals surface area contributed by atoms with E-state index >= 15 is 0 Å². The van der Waals surface area contributed by atoms with E-state index in [9.17, 15) is 28.7 Å². The Balaban J connectivity index is 2.00. The zero-order chi connectivity index (χ0) is 23.6. The average Bonchev–Trinajstić information content (AvgIpc) is 3.09. The molecule has 7 nitrogen and oxygen atoms in total. The Morgan fingerprint density at radius 1 is 1.28 bits per heavy atom. The van der Waals surface area contributed by atoms with E-state index in [4.69, 9.17) is 5.11 Å². The topological polar surface area (TPSA) is 116 Å². The van der Waals surface area contributed by atoms with Gasteiger partial charge in [-0.1, -0.05) is 24.3 Å². The maximum absolute atomic E-state index is 14.8. The van der Waals surface area contributed by atoms with Gasteiger partial charge in [0.05, 0.1) is 35.5 Å². The van der Waals surface area contributed by atoms with E-state index in [-0.39, 0.29) is 16.9 Å². The van der Waals surface area contributed by atoms with E-state index in [1.54, 1.807) is 36.4 Å². The van der Waals surface area contributed by atoms with Gasteiger partial charge >= 0.3 is 11.2 Å². The van der Waals surface area contributed by atoms with Crippen LogP contribution in [0, 0.1) is 17.2 Å². The number of hydrogen-bond donors (Lipinski definition) is 2. The number of aliphatic hydroxyl groups excluding tert-OH is 1. The SMILES string of the molecule is CC(O)C(CC(=O)C(F)(F)Sc1ncc(Br)n1-c1ccc(C#N)c2ccccc12)C(=O)O. The van der Waals surface area contributed by atoms with Gasteiger partial charge in [-0.2, -0.15) is 14.0 Å². The van der Waals surface area contributed by atoms with Gasteiger partial charge in [0.25, 0.3) is 0 Å². The second kappa shape index (κ2) is 9.36. The molecule has 2 N–H and O–H groups in total. The average molecular weight is 524 g/mol. The lowest BCUT2D eigenvalue weighted by Crippen LogP contribution is -2.34. The van der Waals surface area contributed by atoms with E-state index < -0.39 is 35.4 Å². The van der Waals surface area contributed by atoms with Gasteiger partial charge in [-0.25, -0.2) is 4.98 Å². The lowest BCUT2D eigenvalue weighted by molar-refractivity contribution is -0.149. The summed E-state index contributed by atoms with van der Waals surface area (Å²) < 4.78 is 31.2. The van der Waals surface area contributed by atoms with Gasteiger partial charge in [0, 0.05) is 17.2 Å². The third-order valence-corrected chi connectivity index (χ3v) is 6.31. The van der Waals surface area contributed by atoms with Crippen LogP contribution in [0.15, 0.2) is 52.4 Å². The number of carboxylic acid groups (broad SMARTS) is 1. The summed E-state index contributed by atoms with van der Waals surface area (Å²) in [6, 6.07) is 12.2. The minimum absolute atomic E-state index is 0.120. The molecule has 0 radical (unpaired) electrons. The number of ketones is 1. The molecule has 0 aliphatic heterocycles. The molecule has 0 saturated carbocycles. The van der Waals surface area contributed by atoms with Crippen LogP contribution in [0.25, 0.3) is 16.5 Å². The number of hydrogen-bond acceptors (Lipinski definition) is 6. The summed E-state index contributed by atoms with van der Waals surface area (Å²) in [6.45, 7) is 1.12. The summed E-state index contributed by atoms with van der Waals surface area (Å²) in [7, 11) is 0. The zero-order valence-corrected chi connectivity index (χ0v) is 18.9. The normalized spacial score (nSPS) is 13.5. The van der Waals surface area contributed by atoms with Crippen molar-refractivity contribution in [2.24, 2.45) is 5.92 Å². The highest BCUT2D eigenvalue weighted by atomic mass is 79.9. The molecule has 3 rings (SSSR count). The van der Waals surface area contributed by atoms with Crippen molar-refractivity contribution in [2.45, 2.75) is 29.9 Å². The number of alkyl halides is 2. The van der Waals surface area contributed by atoms with Crippen LogP contribution in [-0.4, -0.2) is 42.9 Å². The van der Waals surface area contributed by atoms with Crippen molar-refractivity contribution >= 4 is 50.2 Å². The number of aromatic nitrogens is 2. The number of aliphatic carboxylic acids is 1. The van der Waals surface area contributed by atoms with Crippen molar-refractivity contribution in [1.82, 2.24) is 9.55 Å². The Kier molecular flexibility index (Phi) is 6.97. The van der Waals surface area contributed by atoms with Crippen molar-refractivity contribution in [1.29, 1.82) is 5.26 Å². The van der Waals surface area contributed by atoms with Crippen LogP contribution in [0.2, 0.25) is 0 Å². The second-order valence-corrected chi connectivity index (χ2v) is 8.81. The molecule has 2 unspecified atom stereocenters. The van der Waals surface area contributed by atoms with E-state index in [0.29, 0.717) is 26.6 Å². The molecule has 11 heteroatoms. The van der Waals surface area contributed by atoms with Crippen LogP contribution >= 0.6 is 27.7 Å². The number of carbonyl (C=O) groups excluding carboxylic acids is 1. The van der Waals surface area contributed by atoms with Crippen molar-refractivity contribution < 1.29 is 28.6 Å². The van der Waals surface area contributed by atoms with Gasteiger partial charge < -0.3 is 10.2 Å². The molecule has 2 aromatic carbocycles. The molecule has 0 spiro atoms. The fraction of sp³-hybridized carbons (Fsp3) is 0.238. The Hall–Kier alpha value is -2.81. The van der Waals surface area contributed by atoms with Gasteiger partial charge in [0.15, 0.2) is 5.16 Å². The van der Waals surface area contributed by atoms with Crippen LogP contribution in [-0.2, 0) is 9.59 Å². The first-order valence-corrected chi connectivity index (χ1v) is 10.8. The number of fused-ring (bicyclic) bond motifs is 1. The Morgan fingerprint density at radius 2 is 1.94 bits per heavy atom. The third-order valence-electron chi connectivity index (χ3n) is 4.80. The minimum atomic E-state index is -3.99. The fourth-order valence-electron chi connectivity index (χ4n) is 3.14. The maximum atomic E-state index is 14.8. The summed E-state index contributed by atoms with van der Waals surface area (Å²) in [5.74, 6) is -4.82. The van der Waals surface area contributed by atoms with Crippen molar-refractivity contribution in [3.05, 3.63) is 52.8 Å². The first-order valence-electron chi connectivity index (χ1n) is 9.23. The lowest BCUT2D eigenvalue weighted by atomic mass is 9.97. The molecule has 1 heterocycles. The summed E-state index contributed by atoms with van der Waals surface area (Å²) in [6.07, 6.45) is -1.21. The molecule has 2 atom stereocenters. The van der Waals surface area contributed by atoms with E-state index in [1.807, 2.05) is 0 Å².